The molecule has 6 nitrogen and oxygen atoms in total. The molecule has 1 amide bonds. The fourth-order valence-electron chi connectivity index (χ4n) is 3.17. The van der Waals surface area contributed by atoms with Crippen molar-refractivity contribution >= 4 is 17.2 Å². The molecule has 0 bridgehead atoms. The largest absolute Gasteiger partial charge is 0.454 e. The lowest BCUT2D eigenvalue weighted by atomic mass is 10.1. The van der Waals surface area contributed by atoms with E-state index in [1.807, 2.05) is 35.5 Å². The van der Waals surface area contributed by atoms with E-state index in [1.54, 1.807) is 0 Å². The van der Waals surface area contributed by atoms with Gasteiger partial charge in [0.2, 0.25) is 6.79 Å². The minimum atomic E-state index is 0.0249. The zero-order valence-electron chi connectivity index (χ0n) is 13.4. The molecule has 4 rings (SSSR count). The number of aromatic nitrogens is 1. The molecule has 1 N–H and O–H groups in total. The lowest BCUT2D eigenvalue weighted by Crippen LogP contribution is -2.30. The quantitative estimate of drug-likeness (QED) is 0.921. The van der Waals surface area contributed by atoms with Gasteiger partial charge in [-0.05, 0) is 44.1 Å². The Morgan fingerprint density at radius 3 is 3.17 bits per heavy atom. The van der Waals surface area contributed by atoms with Gasteiger partial charge in [0.15, 0.2) is 11.5 Å². The molecule has 1 aromatic carbocycles. The first-order chi connectivity index (χ1) is 11.7. The number of benzene rings is 1. The lowest BCUT2D eigenvalue weighted by molar-refractivity contribution is 0.0782. The van der Waals surface area contributed by atoms with Crippen LogP contribution in [0.25, 0.3) is 10.6 Å². The Kier molecular flexibility index (Phi) is 4.12. The van der Waals surface area contributed by atoms with E-state index in [0.717, 1.165) is 48.1 Å². The summed E-state index contributed by atoms with van der Waals surface area (Å²) in [6.07, 6.45) is 1.05. The summed E-state index contributed by atoms with van der Waals surface area (Å²) < 4.78 is 10.7. The van der Waals surface area contributed by atoms with E-state index in [9.17, 15) is 4.79 Å². The van der Waals surface area contributed by atoms with Gasteiger partial charge in [0.25, 0.3) is 5.91 Å². The highest BCUT2D eigenvalue weighted by Gasteiger charge is 2.28. The molecule has 2 aliphatic heterocycles. The van der Waals surface area contributed by atoms with Crippen molar-refractivity contribution in [2.75, 3.05) is 33.5 Å². The van der Waals surface area contributed by atoms with E-state index < -0.39 is 0 Å². The molecular formula is C17H19N3O3S. The maximum atomic E-state index is 12.6. The molecule has 1 fully saturated rings. The van der Waals surface area contributed by atoms with E-state index in [2.05, 4.69) is 10.3 Å². The van der Waals surface area contributed by atoms with Gasteiger partial charge in [0.1, 0.15) is 10.7 Å². The molecule has 0 saturated carbocycles. The van der Waals surface area contributed by atoms with Crippen LogP contribution in [0.3, 0.4) is 0 Å². The Morgan fingerprint density at radius 2 is 2.29 bits per heavy atom. The number of ether oxygens (including phenoxy) is 2. The summed E-state index contributed by atoms with van der Waals surface area (Å²) in [5, 5.41) is 5.84. The molecule has 2 aliphatic rings. The summed E-state index contributed by atoms with van der Waals surface area (Å²) in [6, 6.07) is 5.73. The third kappa shape index (κ3) is 2.85. The molecule has 3 heterocycles. The van der Waals surface area contributed by atoms with Gasteiger partial charge in [0.05, 0.1) is 0 Å². The van der Waals surface area contributed by atoms with Crippen LogP contribution in [0.15, 0.2) is 23.6 Å². The molecule has 1 atom stereocenters. The topological polar surface area (TPSA) is 63.7 Å². The number of amides is 1. The van der Waals surface area contributed by atoms with Crippen molar-refractivity contribution in [1.29, 1.82) is 0 Å². The Morgan fingerprint density at radius 1 is 1.42 bits per heavy atom. The summed E-state index contributed by atoms with van der Waals surface area (Å²) in [5.41, 5.74) is 1.47. The van der Waals surface area contributed by atoms with Crippen molar-refractivity contribution in [2.24, 2.45) is 5.92 Å². The van der Waals surface area contributed by atoms with Crippen molar-refractivity contribution in [3.8, 4) is 22.1 Å². The standard InChI is InChI=1S/C17H19N3O3S/c1-18-7-11-4-5-20(8-11)17(21)13-9-24-16(19-13)12-2-3-14-15(6-12)23-10-22-14/h2-3,6,9,11,18H,4-5,7-8,10H2,1H3. The Balaban J connectivity index is 1.49. The molecule has 0 radical (unpaired) electrons. The molecule has 0 aliphatic carbocycles. The average molecular weight is 345 g/mol. The summed E-state index contributed by atoms with van der Waals surface area (Å²) in [4.78, 5) is 19.1. The number of carbonyl (C=O) groups is 1. The van der Waals surface area contributed by atoms with Gasteiger partial charge < -0.3 is 19.7 Å². The van der Waals surface area contributed by atoms with Crippen LogP contribution in [-0.4, -0.2) is 49.3 Å². The predicted molar refractivity (Wildman–Crippen MR) is 91.6 cm³/mol. The molecule has 7 heteroatoms. The van der Waals surface area contributed by atoms with Gasteiger partial charge in [-0.1, -0.05) is 0 Å². The Labute approximate surface area is 144 Å². The fraction of sp³-hybridized carbons (Fsp3) is 0.412. The van der Waals surface area contributed by atoms with Crippen molar-refractivity contribution in [2.45, 2.75) is 6.42 Å². The van der Waals surface area contributed by atoms with Crippen LogP contribution in [0.5, 0.6) is 11.5 Å². The van der Waals surface area contributed by atoms with Crippen LogP contribution < -0.4 is 14.8 Å². The third-order valence-corrected chi connectivity index (χ3v) is 5.30. The van der Waals surface area contributed by atoms with Crippen LogP contribution >= 0.6 is 11.3 Å². The highest BCUT2D eigenvalue weighted by molar-refractivity contribution is 7.13. The second-order valence-corrected chi connectivity index (χ2v) is 6.93. The Bertz CT molecular complexity index is 761. The number of hydrogen-bond acceptors (Lipinski definition) is 6. The van der Waals surface area contributed by atoms with E-state index in [1.165, 1.54) is 11.3 Å². The molecule has 1 aromatic heterocycles. The molecule has 1 unspecified atom stereocenters. The van der Waals surface area contributed by atoms with E-state index in [-0.39, 0.29) is 12.7 Å². The highest BCUT2D eigenvalue weighted by atomic mass is 32.1. The molecule has 126 valence electrons. The van der Waals surface area contributed by atoms with Gasteiger partial charge in [-0.25, -0.2) is 4.98 Å². The van der Waals surface area contributed by atoms with Gasteiger partial charge in [-0.15, -0.1) is 11.3 Å². The van der Waals surface area contributed by atoms with Gasteiger partial charge in [0, 0.05) is 24.0 Å². The van der Waals surface area contributed by atoms with Gasteiger partial charge in [-0.2, -0.15) is 0 Å². The maximum absolute atomic E-state index is 12.6. The van der Waals surface area contributed by atoms with Crippen LogP contribution in [-0.2, 0) is 0 Å². The third-order valence-electron chi connectivity index (χ3n) is 4.41. The first-order valence-corrected chi connectivity index (χ1v) is 8.92. The first kappa shape index (κ1) is 15.4. The monoisotopic (exact) mass is 345 g/mol. The molecule has 24 heavy (non-hydrogen) atoms. The number of likely N-dealkylation sites (tertiary alicyclic amines) is 1. The normalized spacial score (nSPS) is 19.0. The number of fused-ring (bicyclic) bond motifs is 1. The van der Waals surface area contributed by atoms with E-state index in [0.29, 0.717) is 11.6 Å². The van der Waals surface area contributed by atoms with E-state index >= 15 is 0 Å². The summed E-state index contributed by atoms with van der Waals surface area (Å²) in [5.74, 6) is 2.03. The molecule has 0 spiro atoms. The number of hydrogen-bond donors (Lipinski definition) is 1. The van der Waals surface area contributed by atoms with Crippen molar-refractivity contribution in [1.82, 2.24) is 15.2 Å². The van der Waals surface area contributed by atoms with Crippen molar-refractivity contribution < 1.29 is 14.3 Å². The van der Waals surface area contributed by atoms with Crippen LogP contribution in [0.4, 0.5) is 0 Å². The van der Waals surface area contributed by atoms with Crippen molar-refractivity contribution in [3.05, 3.63) is 29.3 Å². The summed E-state index contributed by atoms with van der Waals surface area (Å²) in [6.45, 7) is 2.81. The average Bonchev–Trinajstić information content (AvgIpc) is 3.33. The smallest absolute Gasteiger partial charge is 0.273 e. The number of rotatable bonds is 4. The zero-order chi connectivity index (χ0) is 16.5. The number of nitrogens with zero attached hydrogens (tertiary/aromatic N) is 2. The van der Waals surface area contributed by atoms with E-state index in [4.69, 9.17) is 9.47 Å². The lowest BCUT2D eigenvalue weighted by Gasteiger charge is -2.15. The zero-order valence-corrected chi connectivity index (χ0v) is 14.3. The first-order valence-electron chi connectivity index (χ1n) is 8.04. The second kappa shape index (κ2) is 6.41. The summed E-state index contributed by atoms with van der Waals surface area (Å²) >= 11 is 1.48. The highest BCUT2D eigenvalue weighted by Crippen LogP contribution is 2.36. The van der Waals surface area contributed by atoms with Crippen LogP contribution in [0.2, 0.25) is 0 Å². The van der Waals surface area contributed by atoms with Gasteiger partial charge in [-0.3, -0.25) is 4.79 Å². The predicted octanol–water partition coefficient (Wildman–Crippen LogP) is 2.22. The Hall–Kier alpha value is -2.12. The van der Waals surface area contributed by atoms with Crippen LogP contribution in [0.1, 0.15) is 16.9 Å². The van der Waals surface area contributed by atoms with Crippen molar-refractivity contribution in [3.63, 3.8) is 0 Å². The SMILES string of the molecule is CNCC1CCN(C(=O)c2csc(-c3ccc4c(c3)OCO4)n2)C1. The number of nitrogens with one attached hydrogen (secondary N) is 1. The minimum absolute atomic E-state index is 0.0249. The number of thiazole rings is 1. The van der Waals surface area contributed by atoms with Crippen LogP contribution in [0, 0.1) is 5.92 Å². The summed E-state index contributed by atoms with van der Waals surface area (Å²) in [7, 11) is 1.95. The molecule has 2 aromatic rings. The second-order valence-electron chi connectivity index (χ2n) is 6.07. The maximum Gasteiger partial charge on any atom is 0.273 e. The minimum Gasteiger partial charge on any atom is -0.454 e. The van der Waals surface area contributed by atoms with Gasteiger partial charge >= 0.3 is 0 Å². The fourth-order valence-corrected chi connectivity index (χ4v) is 3.96. The molecule has 1 saturated heterocycles. The molecular weight excluding hydrogens is 326 g/mol. The number of carbonyl (C=O) groups excluding carboxylic acids is 1.